The van der Waals surface area contributed by atoms with E-state index in [0.29, 0.717) is 0 Å². The minimum absolute atomic E-state index is 0.162. The Labute approximate surface area is 96.6 Å². The molecule has 1 aromatic carbocycles. The second-order valence-corrected chi connectivity index (χ2v) is 4.43. The number of piperidine rings is 1. The number of nitrogens with zero attached hydrogens (tertiary/aromatic N) is 1. The van der Waals surface area contributed by atoms with Crippen molar-refractivity contribution in [3.63, 3.8) is 0 Å². The molecule has 0 bridgehead atoms. The van der Waals surface area contributed by atoms with E-state index in [1.807, 2.05) is 18.2 Å². The Balaban J connectivity index is 1.93. The van der Waals surface area contributed by atoms with E-state index in [2.05, 4.69) is 11.5 Å². The van der Waals surface area contributed by atoms with Crippen molar-refractivity contribution in [1.29, 1.82) is 0 Å². The molecule has 1 fully saturated rings. The lowest BCUT2D eigenvalue weighted by molar-refractivity contribution is 0.410. The summed E-state index contributed by atoms with van der Waals surface area (Å²) in [4.78, 5) is 2.33. The van der Waals surface area contributed by atoms with Crippen LogP contribution in [-0.2, 0) is 0 Å². The van der Waals surface area contributed by atoms with Crippen molar-refractivity contribution in [2.24, 2.45) is 5.92 Å². The Morgan fingerprint density at radius 1 is 1.25 bits per heavy atom. The highest BCUT2D eigenvalue weighted by Gasteiger charge is 2.18. The molecule has 2 heteroatoms. The summed E-state index contributed by atoms with van der Waals surface area (Å²) in [5, 5.41) is 0. The van der Waals surface area contributed by atoms with Gasteiger partial charge in [-0.2, -0.15) is 0 Å². The molecule has 0 saturated carbocycles. The van der Waals surface area contributed by atoms with Gasteiger partial charge in [0, 0.05) is 18.8 Å². The van der Waals surface area contributed by atoms with E-state index in [-0.39, 0.29) is 5.82 Å². The molecule has 86 valence electrons. The van der Waals surface area contributed by atoms with E-state index >= 15 is 0 Å². The molecule has 1 heterocycles. The first-order valence-electron chi connectivity index (χ1n) is 5.91. The third-order valence-corrected chi connectivity index (χ3v) is 3.31. The maximum atomic E-state index is 12.8. The Morgan fingerprint density at radius 2 is 1.88 bits per heavy atom. The van der Waals surface area contributed by atoms with Gasteiger partial charge in [-0.1, -0.05) is 6.08 Å². The van der Waals surface area contributed by atoms with Crippen LogP contribution < -0.4 is 4.90 Å². The molecule has 2 rings (SSSR count). The van der Waals surface area contributed by atoms with Gasteiger partial charge < -0.3 is 4.90 Å². The summed E-state index contributed by atoms with van der Waals surface area (Å²) >= 11 is 0. The summed E-state index contributed by atoms with van der Waals surface area (Å²) in [6, 6.07) is 6.79. The number of rotatable bonds is 3. The number of benzene rings is 1. The monoisotopic (exact) mass is 219 g/mol. The summed E-state index contributed by atoms with van der Waals surface area (Å²) in [5.41, 5.74) is 1.14. The van der Waals surface area contributed by atoms with Crippen LogP contribution in [0, 0.1) is 11.7 Å². The van der Waals surface area contributed by atoms with Crippen LogP contribution in [0.3, 0.4) is 0 Å². The zero-order chi connectivity index (χ0) is 11.4. The summed E-state index contributed by atoms with van der Waals surface area (Å²) in [7, 11) is 0. The second kappa shape index (κ2) is 5.15. The van der Waals surface area contributed by atoms with Gasteiger partial charge in [0.05, 0.1) is 0 Å². The van der Waals surface area contributed by atoms with E-state index in [1.165, 1.54) is 25.0 Å². The lowest BCUT2D eigenvalue weighted by atomic mass is 9.93. The van der Waals surface area contributed by atoms with Gasteiger partial charge in [-0.25, -0.2) is 4.39 Å². The van der Waals surface area contributed by atoms with Gasteiger partial charge in [0.2, 0.25) is 0 Å². The highest BCUT2D eigenvalue weighted by atomic mass is 19.1. The van der Waals surface area contributed by atoms with Crippen LogP contribution in [0.4, 0.5) is 10.1 Å². The van der Waals surface area contributed by atoms with E-state index < -0.39 is 0 Å². The molecule has 0 atom stereocenters. The number of halogens is 1. The van der Waals surface area contributed by atoms with Gasteiger partial charge in [-0.05, 0) is 49.4 Å². The Bertz CT molecular complexity index is 336. The summed E-state index contributed by atoms with van der Waals surface area (Å²) in [6.07, 6.45) is 5.56. The van der Waals surface area contributed by atoms with Gasteiger partial charge >= 0.3 is 0 Å². The molecule has 1 nitrogen and oxygen atoms in total. The third kappa shape index (κ3) is 2.63. The highest BCUT2D eigenvalue weighted by molar-refractivity contribution is 5.46. The van der Waals surface area contributed by atoms with E-state index in [4.69, 9.17) is 0 Å². The molecule has 0 amide bonds. The Hall–Kier alpha value is -1.31. The minimum atomic E-state index is -0.162. The third-order valence-electron chi connectivity index (χ3n) is 3.31. The molecule has 1 saturated heterocycles. The zero-order valence-electron chi connectivity index (χ0n) is 9.53. The van der Waals surface area contributed by atoms with Crippen LogP contribution in [0.15, 0.2) is 36.9 Å². The maximum Gasteiger partial charge on any atom is 0.123 e. The topological polar surface area (TPSA) is 3.24 Å². The smallest absolute Gasteiger partial charge is 0.123 e. The number of hydrogen-bond acceptors (Lipinski definition) is 1. The summed E-state index contributed by atoms with van der Waals surface area (Å²) in [5.74, 6) is 0.625. The predicted molar refractivity (Wildman–Crippen MR) is 66.2 cm³/mol. The molecule has 0 aliphatic carbocycles. The van der Waals surface area contributed by atoms with Crippen LogP contribution >= 0.6 is 0 Å². The van der Waals surface area contributed by atoms with Crippen molar-refractivity contribution < 1.29 is 4.39 Å². The number of hydrogen-bond donors (Lipinski definition) is 0. The molecule has 16 heavy (non-hydrogen) atoms. The SMILES string of the molecule is C=CCC1CCN(c2ccc(F)cc2)CC1. The van der Waals surface area contributed by atoms with Crippen molar-refractivity contribution >= 4 is 5.69 Å². The molecule has 1 aliphatic heterocycles. The normalized spacial score (nSPS) is 17.4. The first-order valence-corrected chi connectivity index (χ1v) is 5.91. The maximum absolute atomic E-state index is 12.8. The molecule has 1 aromatic rings. The minimum Gasteiger partial charge on any atom is -0.372 e. The van der Waals surface area contributed by atoms with Crippen molar-refractivity contribution in [2.75, 3.05) is 18.0 Å². The fraction of sp³-hybridized carbons (Fsp3) is 0.429. The molecule has 0 unspecified atom stereocenters. The quantitative estimate of drug-likeness (QED) is 0.702. The van der Waals surface area contributed by atoms with Crippen molar-refractivity contribution in [2.45, 2.75) is 19.3 Å². The van der Waals surface area contributed by atoms with Crippen LogP contribution in [0.1, 0.15) is 19.3 Å². The lowest BCUT2D eigenvalue weighted by Gasteiger charge is -2.33. The average Bonchev–Trinajstić information content (AvgIpc) is 2.32. The van der Waals surface area contributed by atoms with Crippen LogP contribution in [-0.4, -0.2) is 13.1 Å². The van der Waals surface area contributed by atoms with E-state index in [9.17, 15) is 4.39 Å². The van der Waals surface area contributed by atoms with Crippen molar-refractivity contribution in [3.8, 4) is 0 Å². The fourth-order valence-electron chi connectivity index (χ4n) is 2.31. The molecule has 0 N–H and O–H groups in total. The Morgan fingerprint density at radius 3 is 2.44 bits per heavy atom. The summed E-state index contributed by atoms with van der Waals surface area (Å²) in [6.45, 7) is 5.93. The lowest BCUT2D eigenvalue weighted by Crippen LogP contribution is -2.33. The first kappa shape index (κ1) is 11.2. The molecular weight excluding hydrogens is 201 g/mol. The van der Waals surface area contributed by atoms with Gasteiger partial charge in [0.25, 0.3) is 0 Å². The Kier molecular flexibility index (Phi) is 3.60. The standard InChI is InChI=1S/C14H18FN/c1-2-3-12-8-10-16(11-9-12)14-6-4-13(15)5-7-14/h2,4-7,12H,1,3,8-11H2. The second-order valence-electron chi connectivity index (χ2n) is 4.43. The number of allylic oxidation sites excluding steroid dienone is 1. The van der Waals surface area contributed by atoms with Crippen molar-refractivity contribution in [1.82, 2.24) is 0 Å². The predicted octanol–water partition coefficient (Wildman–Crippen LogP) is 3.62. The van der Waals surface area contributed by atoms with E-state index in [1.54, 1.807) is 0 Å². The molecule has 1 aliphatic rings. The molecule has 0 aromatic heterocycles. The van der Waals surface area contributed by atoms with Crippen LogP contribution in [0.5, 0.6) is 0 Å². The zero-order valence-corrected chi connectivity index (χ0v) is 9.53. The fourth-order valence-corrected chi connectivity index (χ4v) is 2.31. The van der Waals surface area contributed by atoms with Crippen LogP contribution in [0.25, 0.3) is 0 Å². The first-order chi connectivity index (χ1) is 7.79. The molecule has 0 radical (unpaired) electrons. The van der Waals surface area contributed by atoms with Gasteiger partial charge in [0.1, 0.15) is 5.82 Å². The van der Waals surface area contributed by atoms with E-state index in [0.717, 1.165) is 31.1 Å². The molecule has 0 spiro atoms. The van der Waals surface area contributed by atoms with Crippen LogP contribution in [0.2, 0.25) is 0 Å². The van der Waals surface area contributed by atoms with Gasteiger partial charge in [-0.3, -0.25) is 0 Å². The molecular formula is C14H18FN. The number of anilines is 1. The summed E-state index contributed by atoms with van der Waals surface area (Å²) < 4.78 is 12.8. The largest absolute Gasteiger partial charge is 0.372 e. The highest BCUT2D eigenvalue weighted by Crippen LogP contribution is 2.25. The average molecular weight is 219 g/mol. The van der Waals surface area contributed by atoms with Crippen molar-refractivity contribution in [3.05, 3.63) is 42.7 Å². The van der Waals surface area contributed by atoms with Gasteiger partial charge in [-0.15, -0.1) is 6.58 Å². The van der Waals surface area contributed by atoms with Gasteiger partial charge in [0.15, 0.2) is 0 Å².